The topological polar surface area (TPSA) is 194 Å². The molecule has 1 spiro atoms. The maximum absolute atomic E-state index is 13.6. The Kier molecular flexibility index (Phi) is 6.29. The minimum absolute atomic E-state index is 0.123. The number of carbonyl (C=O) groups is 2. The van der Waals surface area contributed by atoms with Gasteiger partial charge in [0.05, 0.1) is 23.8 Å². The molecule has 0 aliphatic carbocycles. The first kappa shape index (κ1) is 26.8. The Balaban J connectivity index is 1.23. The average Bonchev–Trinajstić information content (AvgIpc) is 3.43. The van der Waals surface area contributed by atoms with Gasteiger partial charge in [-0.3, -0.25) is 25.3 Å². The number of rotatable bonds is 5. The summed E-state index contributed by atoms with van der Waals surface area (Å²) in [4.78, 5) is 40.0. The van der Waals surface area contributed by atoms with Crippen LogP contribution >= 0.6 is 0 Å². The first-order valence-electron chi connectivity index (χ1n) is 13.7. The van der Waals surface area contributed by atoms with E-state index in [0.717, 1.165) is 17.5 Å². The average molecular weight is 563 g/mol. The number of fused-ring (bicyclic) bond motifs is 1. The van der Waals surface area contributed by atoms with Gasteiger partial charge < -0.3 is 31.1 Å². The predicted octanol–water partition coefficient (Wildman–Crippen LogP) is -2.58. The van der Waals surface area contributed by atoms with Crippen molar-refractivity contribution in [3.8, 4) is 5.75 Å². The molecule has 41 heavy (non-hydrogen) atoms. The number of aryl methyl sites for hydroxylation is 1. The number of pyridine rings is 1. The van der Waals surface area contributed by atoms with Crippen LogP contribution in [0.15, 0.2) is 41.7 Å². The smallest absolute Gasteiger partial charge is 0.343 e. The van der Waals surface area contributed by atoms with E-state index in [9.17, 15) is 14.7 Å². The summed E-state index contributed by atoms with van der Waals surface area (Å²) in [5.41, 5.74) is 14.0. The van der Waals surface area contributed by atoms with Gasteiger partial charge in [-0.05, 0) is 36.5 Å². The SMILES string of the molecule is Cc1cncc(C(=O)NC[C@@H]2N=C(N)N3CC(NC(=O)c4cccc5c4OCCC5(C)C)[C@@H](O)C34NC(N)=[NH+][C@@H]24)c1. The predicted molar refractivity (Wildman–Crippen MR) is 150 cm³/mol. The molecule has 216 valence electrons. The molecule has 4 aliphatic heterocycles. The Hall–Kier alpha value is -4.39. The van der Waals surface area contributed by atoms with Gasteiger partial charge in [-0.2, -0.15) is 0 Å². The van der Waals surface area contributed by atoms with Crippen LogP contribution in [0.3, 0.4) is 0 Å². The summed E-state index contributed by atoms with van der Waals surface area (Å²) in [6, 6.07) is 5.47. The number of aliphatic hydroxyl groups excluding tert-OH is 1. The van der Waals surface area contributed by atoms with Crippen molar-refractivity contribution in [1.82, 2.24) is 25.8 Å². The number of nitrogens with two attached hydrogens (primary N) is 2. The van der Waals surface area contributed by atoms with E-state index >= 15 is 0 Å². The van der Waals surface area contributed by atoms with Crippen LogP contribution in [0.4, 0.5) is 0 Å². The van der Waals surface area contributed by atoms with E-state index in [1.807, 2.05) is 19.1 Å². The molecule has 5 atom stereocenters. The van der Waals surface area contributed by atoms with E-state index in [4.69, 9.17) is 16.2 Å². The van der Waals surface area contributed by atoms with Crippen molar-refractivity contribution in [3.63, 3.8) is 0 Å². The van der Waals surface area contributed by atoms with Crippen molar-refractivity contribution in [2.75, 3.05) is 19.7 Å². The van der Waals surface area contributed by atoms with Crippen molar-refractivity contribution in [3.05, 3.63) is 58.9 Å². The van der Waals surface area contributed by atoms with E-state index in [1.165, 1.54) is 6.20 Å². The monoisotopic (exact) mass is 562 g/mol. The third kappa shape index (κ3) is 4.31. The summed E-state index contributed by atoms with van der Waals surface area (Å²) >= 11 is 0. The van der Waals surface area contributed by atoms with Gasteiger partial charge in [-0.1, -0.05) is 26.0 Å². The number of para-hydroxylation sites is 1. The van der Waals surface area contributed by atoms with Gasteiger partial charge in [0.1, 0.15) is 17.9 Å². The number of aliphatic hydroxyl groups is 1. The van der Waals surface area contributed by atoms with Crippen LogP contribution in [0.1, 0.15) is 52.1 Å². The summed E-state index contributed by atoms with van der Waals surface area (Å²) < 4.78 is 5.94. The molecule has 0 bridgehead atoms. The standard InChI is InChI=1S/C28H35N9O4/c1-14-9-15(11-31-10-14)23(39)32-12-18-21-28(36-25(29)35-21)22(38)19(13-37(28)26(30)34-18)33-24(40)16-5-4-6-17-20(16)41-8-7-27(17,2)3/h4-6,9-11,18-19,21-22,38H,7-8,12-13H2,1-3H3,(H2,30,34)(H,32,39)(H,33,40)(H3,29,35,36)/p+1/t18-,19?,21-,22+,28?/m0/s1. The number of aliphatic imine (C=N–C) groups is 1. The normalized spacial score (nSPS) is 29.1. The number of nitrogens with zero attached hydrogens (tertiary/aromatic N) is 3. The lowest BCUT2D eigenvalue weighted by molar-refractivity contribution is -0.513. The Morgan fingerprint density at radius 3 is 2.85 bits per heavy atom. The second-order valence-corrected chi connectivity index (χ2v) is 11.8. The molecule has 2 unspecified atom stereocenters. The number of amides is 2. The minimum atomic E-state index is -1.19. The van der Waals surface area contributed by atoms with E-state index < -0.39 is 29.9 Å². The number of aromatic nitrogens is 1. The second-order valence-electron chi connectivity index (χ2n) is 11.8. The largest absolute Gasteiger partial charge is 0.492 e. The van der Waals surface area contributed by atoms with Crippen LogP contribution in [0.5, 0.6) is 5.75 Å². The van der Waals surface area contributed by atoms with Crippen molar-refractivity contribution in [2.24, 2.45) is 16.5 Å². The molecule has 1 aromatic carbocycles. The van der Waals surface area contributed by atoms with Gasteiger partial charge in [0.25, 0.3) is 11.8 Å². The zero-order chi connectivity index (χ0) is 29.1. The molecule has 2 amide bonds. The number of guanidine groups is 2. The molecule has 1 fully saturated rings. The second kappa shape index (κ2) is 9.61. The molecule has 13 nitrogen and oxygen atoms in total. The van der Waals surface area contributed by atoms with Crippen molar-refractivity contribution >= 4 is 23.7 Å². The summed E-state index contributed by atoms with van der Waals surface area (Å²) in [5.74, 6) is 0.317. The van der Waals surface area contributed by atoms with Gasteiger partial charge in [0.15, 0.2) is 12.0 Å². The van der Waals surface area contributed by atoms with Gasteiger partial charge in [-0.15, -0.1) is 0 Å². The summed E-state index contributed by atoms with van der Waals surface area (Å²) in [7, 11) is 0. The first-order valence-corrected chi connectivity index (χ1v) is 13.7. The summed E-state index contributed by atoms with van der Waals surface area (Å²) in [6.45, 7) is 6.96. The van der Waals surface area contributed by atoms with Crippen LogP contribution in [-0.2, 0) is 5.41 Å². The van der Waals surface area contributed by atoms with Crippen LogP contribution in [0.25, 0.3) is 0 Å². The fourth-order valence-electron chi connectivity index (χ4n) is 6.46. The number of carbonyl (C=O) groups excluding carboxylic acids is 2. The number of benzene rings is 1. The molecular formula is C28H36N9O4+. The minimum Gasteiger partial charge on any atom is -0.492 e. The Morgan fingerprint density at radius 2 is 2.07 bits per heavy atom. The lowest BCUT2D eigenvalue weighted by Gasteiger charge is -2.43. The molecule has 2 aromatic rings. The van der Waals surface area contributed by atoms with Gasteiger partial charge in [0.2, 0.25) is 5.66 Å². The highest BCUT2D eigenvalue weighted by atomic mass is 16.5. The fourth-order valence-corrected chi connectivity index (χ4v) is 6.46. The van der Waals surface area contributed by atoms with Crippen LogP contribution in [0, 0.1) is 6.92 Å². The third-order valence-electron chi connectivity index (χ3n) is 8.63. The Labute approximate surface area is 237 Å². The molecule has 0 saturated carbocycles. The zero-order valence-electron chi connectivity index (χ0n) is 23.3. The number of hydrogen-bond donors (Lipinski definition) is 7. The quantitative estimate of drug-likeness (QED) is 0.205. The van der Waals surface area contributed by atoms with Crippen LogP contribution in [-0.4, -0.2) is 88.3 Å². The van der Waals surface area contributed by atoms with E-state index in [2.05, 4.69) is 44.8 Å². The molecule has 0 radical (unpaired) electrons. The molecule has 4 aliphatic rings. The van der Waals surface area contributed by atoms with Gasteiger partial charge in [-0.25, -0.2) is 10.3 Å². The van der Waals surface area contributed by atoms with E-state index in [0.29, 0.717) is 23.5 Å². The first-order chi connectivity index (χ1) is 19.5. The molecule has 6 rings (SSSR count). The number of nitrogens with one attached hydrogen (secondary N) is 4. The van der Waals surface area contributed by atoms with Crippen LogP contribution in [0.2, 0.25) is 0 Å². The van der Waals surface area contributed by atoms with Gasteiger partial charge >= 0.3 is 5.96 Å². The number of hydrogen-bond acceptors (Lipinski definition) is 10. The van der Waals surface area contributed by atoms with Crippen LogP contribution < -0.4 is 37.1 Å². The van der Waals surface area contributed by atoms with E-state index in [1.54, 1.807) is 23.2 Å². The highest BCUT2D eigenvalue weighted by Crippen LogP contribution is 2.41. The molecule has 13 heteroatoms. The highest BCUT2D eigenvalue weighted by molar-refractivity contribution is 5.98. The maximum Gasteiger partial charge on any atom is 0.343 e. The van der Waals surface area contributed by atoms with Gasteiger partial charge in [0, 0.05) is 31.0 Å². The lowest BCUT2D eigenvalue weighted by atomic mass is 9.79. The van der Waals surface area contributed by atoms with Crippen molar-refractivity contribution in [1.29, 1.82) is 0 Å². The molecule has 1 aromatic heterocycles. The fraction of sp³-hybridized carbons (Fsp3) is 0.464. The molecule has 1 saturated heterocycles. The zero-order valence-corrected chi connectivity index (χ0v) is 23.3. The third-order valence-corrected chi connectivity index (χ3v) is 8.63. The summed E-state index contributed by atoms with van der Waals surface area (Å²) in [5, 5.41) is 20.8. The van der Waals surface area contributed by atoms with Crippen molar-refractivity contribution in [2.45, 2.75) is 62.5 Å². The Bertz CT molecular complexity index is 1470. The molecule has 5 heterocycles. The summed E-state index contributed by atoms with van der Waals surface area (Å²) in [6.07, 6.45) is 2.89. The maximum atomic E-state index is 13.6. The number of ether oxygens (including phenoxy) is 1. The Morgan fingerprint density at radius 1 is 1.27 bits per heavy atom. The van der Waals surface area contributed by atoms with Crippen molar-refractivity contribution < 1.29 is 24.4 Å². The lowest BCUT2D eigenvalue weighted by Crippen LogP contribution is -2.88. The molecular weight excluding hydrogens is 526 g/mol. The van der Waals surface area contributed by atoms with E-state index in [-0.39, 0.29) is 42.2 Å². The molecule has 9 N–H and O–H groups in total. The highest BCUT2D eigenvalue weighted by Gasteiger charge is 2.68.